The third-order valence-electron chi connectivity index (χ3n) is 4.79. The van der Waals surface area contributed by atoms with E-state index in [1.54, 1.807) is 0 Å². The number of hydrogen-bond donors (Lipinski definition) is 0. The van der Waals surface area contributed by atoms with Gasteiger partial charge in [-0.25, -0.2) is 24.9 Å². The summed E-state index contributed by atoms with van der Waals surface area (Å²) in [5.41, 5.74) is -23.7. The van der Waals surface area contributed by atoms with Gasteiger partial charge in [0.2, 0.25) is 5.52 Å². The summed E-state index contributed by atoms with van der Waals surface area (Å²) in [4.78, 5) is 18.7. The third kappa shape index (κ3) is 4.68. The molecule has 0 fully saturated rings. The summed E-state index contributed by atoms with van der Waals surface area (Å²) in [7, 11) is 0. The standard InChI is InChI=1S/C18F15N7/c1-34-13-12(18(31,32)33)39-6-4-2(35-8(14(19,20)21)9(37-4)15(22,23)24)3-5(7(6)40-13)38-11(17(28,29)30)10(36-3)16(25,26)27. The first kappa shape index (κ1) is 28.7. The Hall–Kier alpha value is -4.32. The molecule has 0 aliphatic rings. The van der Waals surface area contributed by atoms with E-state index in [1.807, 2.05) is 0 Å². The summed E-state index contributed by atoms with van der Waals surface area (Å²) in [5.74, 6) is -1.74. The Morgan fingerprint density at radius 1 is 0.350 bits per heavy atom. The van der Waals surface area contributed by atoms with Gasteiger partial charge in [0.15, 0.2) is 28.5 Å². The van der Waals surface area contributed by atoms with Gasteiger partial charge in [0.1, 0.15) is 27.6 Å². The van der Waals surface area contributed by atoms with Crippen LogP contribution in [0.1, 0.15) is 28.5 Å². The van der Waals surface area contributed by atoms with Crippen molar-refractivity contribution in [1.29, 1.82) is 0 Å². The molecule has 0 unspecified atom stereocenters. The molecule has 0 aliphatic heterocycles. The number of aromatic nitrogens is 6. The topological polar surface area (TPSA) is 81.7 Å². The molecule has 1 aromatic carbocycles. The number of nitrogens with zero attached hydrogens (tertiary/aromatic N) is 7. The normalized spacial score (nSPS) is 13.8. The number of halogens is 15. The molecule has 40 heavy (non-hydrogen) atoms. The second kappa shape index (κ2) is 8.34. The quantitative estimate of drug-likeness (QED) is 0.121. The first-order valence-corrected chi connectivity index (χ1v) is 9.47. The Morgan fingerprint density at radius 3 is 0.750 bits per heavy atom. The van der Waals surface area contributed by atoms with Crippen LogP contribution in [0, 0.1) is 6.57 Å². The Labute approximate surface area is 206 Å². The summed E-state index contributed by atoms with van der Waals surface area (Å²) in [6, 6.07) is 0. The highest BCUT2D eigenvalue weighted by Gasteiger charge is 2.49. The minimum absolute atomic E-state index is 1.46. The maximum Gasteiger partial charge on any atom is 0.435 e. The van der Waals surface area contributed by atoms with Crippen LogP contribution >= 0.6 is 0 Å². The van der Waals surface area contributed by atoms with Crippen molar-refractivity contribution in [3.05, 3.63) is 39.9 Å². The summed E-state index contributed by atoms with van der Waals surface area (Å²) in [6.07, 6.45) is -29.7. The molecule has 0 spiro atoms. The number of rotatable bonds is 0. The predicted molar refractivity (Wildman–Crippen MR) is 97.0 cm³/mol. The van der Waals surface area contributed by atoms with Gasteiger partial charge in [-0.15, -0.1) is 4.98 Å². The van der Waals surface area contributed by atoms with Crippen molar-refractivity contribution >= 4 is 38.9 Å². The van der Waals surface area contributed by atoms with Crippen molar-refractivity contribution in [2.45, 2.75) is 30.9 Å². The van der Waals surface area contributed by atoms with Crippen molar-refractivity contribution in [2.75, 3.05) is 0 Å². The summed E-state index contributed by atoms with van der Waals surface area (Å²) in [5, 5.41) is 0. The molecule has 0 saturated heterocycles. The van der Waals surface area contributed by atoms with Gasteiger partial charge in [-0.05, 0) is 0 Å². The molecule has 3 aromatic heterocycles. The largest absolute Gasteiger partial charge is 0.435 e. The molecule has 0 amide bonds. The molecule has 3 heterocycles. The van der Waals surface area contributed by atoms with E-state index in [9.17, 15) is 65.9 Å². The van der Waals surface area contributed by atoms with Gasteiger partial charge < -0.3 is 4.85 Å². The molecule has 22 heteroatoms. The summed E-state index contributed by atoms with van der Waals surface area (Å²) in [6.45, 7) is 6.84. The van der Waals surface area contributed by atoms with E-state index in [0.29, 0.717) is 0 Å². The smallest absolute Gasteiger partial charge is 0.359 e. The Morgan fingerprint density at radius 2 is 0.550 bits per heavy atom. The fourth-order valence-corrected chi connectivity index (χ4v) is 3.35. The van der Waals surface area contributed by atoms with Crippen LogP contribution in [0.25, 0.3) is 37.9 Å². The lowest BCUT2D eigenvalue weighted by Crippen LogP contribution is -2.22. The first-order valence-electron chi connectivity index (χ1n) is 9.47. The zero-order valence-corrected chi connectivity index (χ0v) is 17.8. The number of hydrogen-bond acceptors (Lipinski definition) is 6. The third-order valence-corrected chi connectivity index (χ3v) is 4.79. The van der Waals surface area contributed by atoms with E-state index in [4.69, 9.17) is 6.57 Å². The average molecular weight is 599 g/mol. The van der Waals surface area contributed by atoms with Gasteiger partial charge in [-0.3, -0.25) is 0 Å². The van der Waals surface area contributed by atoms with Crippen molar-refractivity contribution < 1.29 is 65.9 Å². The minimum atomic E-state index is -6.05. The lowest BCUT2D eigenvalue weighted by Gasteiger charge is -2.18. The highest BCUT2D eigenvalue weighted by molar-refractivity contribution is 6.18. The second-order valence-corrected chi connectivity index (χ2v) is 7.43. The molecule has 0 aliphatic carbocycles. The van der Waals surface area contributed by atoms with Crippen LogP contribution in [-0.4, -0.2) is 29.9 Å². The molecule has 0 saturated carbocycles. The van der Waals surface area contributed by atoms with Crippen LogP contribution in [0.15, 0.2) is 0 Å². The molecular formula is C18F15N7. The summed E-state index contributed by atoms with van der Waals surface area (Å²) < 4.78 is 202. The van der Waals surface area contributed by atoms with Crippen LogP contribution in [0.2, 0.25) is 0 Å². The van der Waals surface area contributed by atoms with Gasteiger partial charge in [-0.1, -0.05) is 6.57 Å². The Bertz CT molecular complexity index is 1690. The molecule has 4 aromatic rings. The molecule has 4 rings (SSSR count). The van der Waals surface area contributed by atoms with Crippen molar-refractivity contribution in [1.82, 2.24) is 29.9 Å². The lowest BCUT2D eigenvalue weighted by atomic mass is 10.1. The lowest BCUT2D eigenvalue weighted by molar-refractivity contribution is -0.167. The molecule has 7 nitrogen and oxygen atoms in total. The predicted octanol–water partition coefficient (Wildman–Crippen LogP) is 7.16. The van der Waals surface area contributed by atoms with Crippen LogP contribution in [0.4, 0.5) is 71.7 Å². The van der Waals surface area contributed by atoms with Crippen LogP contribution in [0.5, 0.6) is 0 Å². The van der Waals surface area contributed by atoms with Crippen molar-refractivity contribution in [2.24, 2.45) is 0 Å². The Balaban J connectivity index is 2.44. The SMILES string of the molecule is [C-]#[N+]c1nc2c(nc1C(F)(F)F)c1nc(C(F)(F)F)c(C(F)(F)F)nc1c1nc(C(F)(F)F)c(C(F)(F)F)nc21. The van der Waals surface area contributed by atoms with Crippen molar-refractivity contribution in [3.8, 4) is 0 Å². The van der Waals surface area contributed by atoms with E-state index in [-0.39, 0.29) is 0 Å². The maximum absolute atomic E-state index is 13.5. The van der Waals surface area contributed by atoms with Gasteiger partial charge >= 0.3 is 36.7 Å². The zero-order valence-electron chi connectivity index (χ0n) is 17.8. The molecule has 0 bridgehead atoms. The Kier molecular flexibility index (Phi) is 5.98. The molecule has 0 atom stereocenters. The summed E-state index contributed by atoms with van der Waals surface area (Å²) >= 11 is 0. The number of benzene rings is 1. The van der Waals surface area contributed by atoms with Crippen LogP contribution in [0.3, 0.4) is 0 Å². The number of alkyl halides is 15. The molecule has 0 radical (unpaired) electrons. The number of fused-ring (bicyclic) bond motifs is 6. The molecule has 212 valence electrons. The highest BCUT2D eigenvalue weighted by atomic mass is 19.4. The van der Waals surface area contributed by atoms with E-state index in [0.717, 1.165) is 0 Å². The fourth-order valence-electron chi connectivity index (χ4n) is 3.35. The maximum atomic E-state index is 13.5. The van der Waals surface area contributed by atoms with Crippen LogP contribution < -0.4 is 0 Å². The van der Waals surface area contributed by atoms with Crippen LogP contribution in [-0.2, 0) is 30.9 Å². The highest BCUT2D eigenvalue weighted by Crippen LogP contribution is 2.45. The van der Waals surface area contributed by atoms with Gasteiger partial charge in [-0.2, -0.15) is 65.9 Å². The monoisotopic (exact) mass is 599 g/mol. The van der Waals surface area contributed by atoms with Gasteiger partial charge in [0.25, 0.3) is 0 Å². The first-order chi connectivity index (χ1) is 18.0. The fraction of sp³-hybridized carbons (Fsp3) is 0.278. The molecular weight excluding hydrogens is 599 g/mol. The molecule has 0 N–H and O–H groups in total. The zero-order chi connectivity index (χ0) is 30.4. The van der Waals surface area contributed by atoms with Gasteiger partial charge in [0.05, 0.1) is 0 Å². The average Bonchev–Trinajstić information content (AvgIpc) is 2.78. The van der Waals surface area contributed by atoms with E-state index in [1.165, 1.54) is 0 Å². The minimum Gasteiger partial charge on any atom is -0.359 e. The van der Waals surface area contributed by atoms with Gasteiger partial charge in [0, 0.05) is 0 Å². The van der Waals surface area contributed by atoms with E-state index >= 15 is 0 Å². The van der Waals surface area contributed by atoms with Crippen molar-refractivity contribution in [3.63, 3.8) is 0 Å². The second-order valence-electron chi connectivity index (χ2n) is 7.43. The van der Waals surface area contributed by atoms with E-state index < -0.39 is 98.3 Å². The van der Waals surface area contributed by atoms with E-state index in [2.05, 4.69) is 34.7 Å².